The minimum Gasteiger partial charge on any atom is -0.342 e. The van der Waals surface area contributed by atoms with Crippen LogP contribution >= 0.6 is 0 Å². The summed E-state index contributed by atoms with van der Waals surface area (Å²) in [5, 5.41) is 3.57. The van der Waals surface area contributed by atoms with Crippen molar-refractivity contribution >= 4 is 5.91 Å². The monoisotopic (exact) mass is 236 g/mol. The number of carbonyl (C=O) groups is 1. The Morgan fingerprint density at radius 3 is 2.47 bits per heavy atom. The zero-order valence-electron chi connectivity index (χ0n) is 10.8. The maximum Gasteiger partial charge on any atom is 0.227 e. The van der Waals surface area contributed by atoms with E-state index < -0.39 is 0 Å². The van der Waals surface area contributed by atoms with E-state index in [9.17, 15) is 4.79 Å². The highest BCUT2D eigenvalue weighted by Gasteiger charge is 2.44. The first-order valence-electron chi connectivity index (χ1n) is 7.28. The molecular weight excluding hydrogens is 212 g/mol. The summed E-state index contributed by atoms with van der Waals surface area (Å²) in [4.78, 5) is 14.6. The van der Waals surface area contributed by atoms with Gasteiger partial charge in [0.15, 0.2) is 0 Å². The van der Waals surface area contributed by atoms with E-state index in [1.165, 1.54) is 44.9 Å². The number of fused-ring (bicyclic) bond motifs is 2. The van der Waals surface area contributed by atoms with Crippen LogP contribution in [-0.4, -0.2) is 36.0 Å². The van der Waals surface area contributed by atoms with Gasteiger partial charge in [-0.1, -0.05) is 19.3 Å². The lowest BCUT2D eigenvalue weighted by Crippen LogP contribution is -2.44. The van der Waals surface area contributed by atoms with Gasteiger partial charge in [-0.15, -0.1) is 0 Å². The second-order valence-electron chi connectivity index (χ2n) is 6.13. The van der Waals surface area contributed by atoms with Gasteiger partial charge in [-0.05, 0) is 32.1 Å². The van der Waals surface area contributed by atoms with Crippen LogP contribution in [0.4, 0.5) is 0 Å². The van der Waals surface area contributed by atoms with Crippen LogP contribution in [-0.2, 0) is 4.79 Å². The van der Waals surface area contributed by atoms with Crippen LogP contribution in [0.5, 0.6) is 0 Å². The number of hydrogen-bond acceptors (Lipinski definition) is 2. The zero-order valence-corrected chi connectivity index (χ0v) is 10.8. The Labute approximate surface area is 104 Å². The Hall–Kier alpha value is -0.570. The third-order valence-corrected chi connectivity index (χ3v) is 5.09. The number of hydrogen-bond donors (Lipinski definition) is 1. The summed E-state index contributed by atoms with van der Waals surface area (Å²) in [5.74, 6) is 0.692. The van der Waals surface area contributed by atoms with Crippen LogP contribution in [0.2, 0.25) is 0 Å². The summed E-state index contributed by atoms with van der Waals surface area (Å²) in [7, 11) is 2.03. The molecule has 1 aliphatic carbocycles. The lowest BCUT2D eigenvalue weighted by Gasteiger charge is -2.34. The number of rotatable bonds is 2. The molecule has 3 heteroatoms. The molecule has 0 spiro atoms. The Bertz CT molecular complexity index is 299. The minimum absolute atomic E-state index is 0.278. The SMILES string of the molecule is CN(C(=O)C1CC2CCC1N2)C1CCCCC1. The van der Waals surface area contributed by atoms with Gasteiger partial charge in [0.2, 0.25) is 5.91 Å². The molecule has 3 nitrogen and oxygen atoms in total. The predicted octanol–water partition coefficient (Wildman–Crippen LogP) is 1.92. The summed E-state index contributed by atoms with van der Waals surface area (Å²) in [6.45, 7) is 0. The van der Waals surface area contributed by atoms with Gasteiger partial charge in [0, 0.05) is 25.2 Å². The molecule has 0 aromatic rings. The highest BCUT2D eigenvalue weighted by atomic mass is 16.2. The molecule has 3 rings (SSSR count). The molecular formula is C14H24N2O. The van der Waals surface area contributed by atoms with E-state index in [1.807, 2.05) is 7.05 Å². The van der Waals surface area contributed by atoms with E-state index in [0.717, 1.165) is 6.42 Å². The molecule has 2 saturated heterocycles. The molecule has 3 fully saturated rings. The van der Waals surface area contributed by atoms with Crippen LogP contribution in [0.15, 0.2) is 0 Å². The van der Waals surface area contributed by atoms with E-state index in [1.54, 1.807) is 0 Å². The summed E-state index contributed by atoms with van der Waals surface area (Å²) in [6.07, 6.45) is 9.97. The largest absolute Gasteiger partial charge is 0.342 e. The predicted molar refractivity (Wildman–Crippen MR) is 67.7 cm³/mol. The van der Waals surface area contributed by atoms with Crippen LogP contribution in [0.1, 0.15) is 51.4 Å². The topological polar surface area (TPSA) is 32.3 Å². The quantitative estimate of drug-likeness (QED) is 0.794. The second-order valence-corrected chi connectivity index (χ2v) is 6.13. The molecule has 96 valence electrons. The number of nitrogens with zero attached hydrogens (tertiary/aromatic N) is 1. The average Bonchev–Trinajstić information content (AvgIpc) is 3.00. The third-order valence-electron chi connectivity index (χ3n) is 5.09. The first-order chi connectivity index (χ1) is 8.25. The number of carbonyl (C=O) groups excluding carboxylic acids is 1. The Kier molecular flexibility index (Phi) is 3.12. The van der Waals surface area contributed by atoms with Crippen molar-refractivity contribution in [3.8, 4) is 0 Å². The second kappa shape index (κ2) is 4.60. The number of amides is 1. The molecule has 3 unspecified atom stereocenters. The van der Waals surface area contributed by atoms with E-state index in [-0.39, 0.29) is 5.92 Å². The van der Waals surface area contributed by atoms with Gasteiger partial charge in [-0.2, -0.15) is 0 Å². The summed E-state index contributed by atoms with van der Waals surface area (Å²) < 4.78 is 0. The van der Waals surface area contributed by atoms with Crippen molar-refractivity contribution in [2.45, 2.75) is 69.5 Å². The van der Waals surface area contributed by atoms with Crippen LogP contribution in [0.25, 0.3) is 0 Å². The fourth-order valence-electron chi connectivity index (χ4n) is 4.01. The fraction of sp³-hybridized carbons (Fsp3) is 0.929. The molecule has 2 aliphatic heterocycles. The van der Waals surface area contributed by atoms with E-state index in [2.05, 4.69) is 10.2 Å². The maximum absolute atomic E-state index is 12.5. The Morgan fingerprint density at radius 1 is 1.12 bits per heavy atom. The van der Waals surface area contributed by atoms with Crippen molar-refractivity contribution in [2.24, 2.45) is 5.92 Å². The van der Waals surface area contributed by atoms with Gasteiger partial charge in [0.25, 0.3) is 0 Å². The van der Waals surface area contributed by atoms with Crippen molar-refractivity contribution < 1.29 is 4.79 Å². The van der Waals surface area contributed by atoms with Gasteiger partial charge in [-0.3, -0.25) is 4.79 Å². The van der Waals surface area contributed by atoms with Crippen LogP contribution in [0.3, 0.4) is 0 Å². The first kappa shape index (κ1) is 11.5. The van der Waals surface area contributed by atoms with Crippen LogP contribution < -0.4 is 5.32 Å². The van der Waals surface area contributed by atoms with Crippen molar-refractivity contribution in [2.75, 3.05) is 7.05 Å². The normalized spacial score (nSPS) is 37.4. The van der Waals surface area contributed by atoms with E-state index in [4.69, 9.17) is 0 Å². The van der Waals surface area contributed by atoms with Crippen LogP contribution in [0, 0.1) is 5.92 Å². The molecule has 1 amide bonds. The zero-order chi connectivity index (χ0) is 11.8. The van der Waals surface area contributed by atoms with Gasteiger partial charge in [0.05, 0.1) is 5.92 Å². The minimum atomic E-state index is 0.278. The summed E-state index contributed by atoms with van der Waals surface area (Å²) >= 11 is 0. The Morgan fingerprint density at radius 2 is 1.88 bits per heavy atom. The lowest BCUT2D eigenvalue weighted by molar-refractivity contribution is -0.137. The summed E-state index contributed by atoms with van der Waals surface area (Å²) in [5.41, 5.74) is 0. The summed E-state index contributed by atoms with van der Waals surface area (Å²) in [6, 6.07) is 1.64. The van der Waals surface area contributed by atoms with Gasteiger partial charge in [-0.25, -0.2) is 0 Å². The van der Waals surface area contributed by atoms with Gasteiger partial charge < -0.3 is 10.2 Å². The standard InChI is InChI=1S/C14H24N2O/c1-16(11-5-3-2-4-6-11)14(17)12-9-10-7-8-13(12)15-10/h10-13,15H,2-9H2,1H3. The number of nitrogens with one attached hydrogen (secondary N) is 1. The molecule has 0 radical (unpaired) electrons. The molecule has 2 bridgehead atoms. The smallest absolute Gasteiger partial charge is 0.227 e. The molecule has 17 heavy (non-hydrogen) atoms. The molecule has 0 aromatic carbocycles. The molecule has 0 aromatic heterocycles. The molecule has 3 aliphatic rings. The first-order valence-corrected chi connectivity index (χ1v) is 7.28. The highest BCUT2D eigenvalue weighted by molar-refractivity contribution is 5.80. The van der Waals surface area contributed by atoms with Gasteiger partial charge in [0.1, 0.15) is 0 Å². The molecule has 2 heterocycles. The van der Waals surface area contributed by atoms with Crippen molar-refractivity contribution in [3.05, 3.63) is 0 Å². The average molecular weight is 236 g/mol. The molecule has 1 saturated carbocycles. The van der Waals surface area contributed by atoms with Crippen molar-refractivity contribution in [1.29, 1.82) is 0 Å². The van der Waals surface area contributed by atoms with E-state index >= 15 is 0 Å². The molecule has 3 atom stereocenters. The fourth-order valence-corrected chi connectivity index (χ4v) is 4.01. The molecule has 1 N–H and O–H groups in total. The Balaban J connectivity index is 1.61. The maximum atomic E-state index is 12.5. The van der Waals surface area contributed by atoms with Gasteiger partial charge >= 0.3 is 0 Å². The van der Waals surface area contributed by atoms with Crippen molar-refractivity contribution in [3.63, 3.8) is 0 Å². The highest BCUT2D eigenvalue weighted by Crippen LogP contribution is 2.35. The lowest BCUT2D eigenvalue weighted by atomic mass is 9.87. The third kappa shape index (κ3) is 2.10. The van der Waals surface area contributed by atoms with Crippen molar-refractivity contribution in [1.82, 2.24) is 10.2 Å². The van der Waals surface area contributed by atoms with E-state index in [0.29, 0.717) is 24.0 Å².